The predicted octanol–water partition coefficient (Wildman–Crippen LogP) is 3.61. The highest BCUT2D eigenvalue weighted by Gasteiger charge is 2.37. The Morgan fingerprint density at radius 1 is 1.19 bits per heavy atom. The van der Waals surface area contributed by atoms with Crippen molar-refractivity contribution in [2.75, 3.05) is 11.4 Å². The Labute approximate surface area is 183 Å². The fourth-order valence-corrected chi connectivity index (χ4v) is 3.40. The first-order chi connectivity index (χ1) is 15.3. The summed E-state index contributed by atoms with van der Waals surface area (Å²) in [6, 6.07) is 13.2. The Balaban J connectivity index is 1.39. The van der Waals surface area contributed by atoms with Crippen molar-refractivity contribution in [1.29, 1.82) is 0 Å². The summed E-state index contributed by atoms with van der Waals surface area (Å²) in [4.78, 5) is 36.9. The summed E-state index contributed by atoms with van der Waals surface area (Å²) < 4.78 is 11.0. The van der Waals surface area contributed by atoms with Gasteiger partial charge in [-0.2, -0.15) is 0 Å². The van der Waals surface area contributed by atoms with Gasteiger partial charge >= 0.3 is 5.97 Å². The fraction of sp³-hybridized carbons (Fsp3) is 0.273. The predicted molar refractivity (Wildman–Crippen MR) is 113 cm³/mol. The van der Waals surface area contributed by atoms with Crippen molar-refractivity contribution in [3.05, 3.63) is 70.1 Å². The van der Waals surface area contributed by atoms with Crippen molar-refractivity contribution >= 4 is 23.3 Å². The average molecular weight is 436 g/mol. The van der Waals surface area contributed by atoms with Gasteiger partial charge in [0, 0.05) is 36.3 Å². The standard InChI is InChI=1S/C22H20N4O6/c1-13-3-7-17(8-4-13)25-12-16(11-19(25)27)22(28)31-14(2)20-23-24-21(32-20)15-5-9-18(10-6-15)26(29)30/h3-10,14,16H,11-12H2,1-2H3/t14-,16+/m0/s1. The third kappa shape index (κ3) is 4.34. The van der Waals surface area contributed by atoms with Gasteiger partial charge in [-0.1, -0.05) is 17.7 Å². The number of amides is 1. The van der Waals surface area contributed by atoms with Gasteiger partial charge in [-0.15, -0.1) is 10.2 Å². The monoisotopic (exact) mass is 436 g/mol. The highest BCUT2D eigenvalue weighted by molar-refractivity contribution is 5.99. The van der Waals surface area contributed by atoms with Crippen LogP contribution in [0.1, 0.15) is 30.9 Å². The van der Waals surface area contributed by atoms with E-state index in [1.165, 1.54) is 24.3 Å². The van der Waals surface area contributed by atoms with Gasteiger partial charge in [-0.25, -0.2) is 0 Å². The van der Waals surface area contributed by atoms with Crippen LogP contribution in [-0.4, -0.2) is 33.5 Å². The third-order valence-electron chi connectivity index (χ3n) is 5.21. The number of hydrogen-bond acceptors (Lipinski definition) is 8. The van der Waals surface area contributed by atoms with Gasteiger partial charge in [0.1, 0.15) is 0 Å². The lowest BCUT2D eigenvalue weighted by Crippen LogP contribution is -2.26. The lowest BCUT2D eigenvalue weighted by Gasteiger charge is -2.17. The van der Waals surface area contributed by atoms with E-state index in [9.17, 15) is 19.7 Å². The molecular weight excluding hydrogens is 416 g/mol. The van der Waals surface area contributed by atoms with E-state index in [0.29, 0.717) is 5.56 Å². The fourth-order valence-electron chi connectivity index (χ4n) is 3.40. The van der Waals surface area contributed by atoms with E-state index in [0.717, 1.165) is 11.3 Å². The molecule has 0 aliphatic carbocycles. The zero-order chi connectivity index (χ0) is 22.8. The van der Waals surface area contributed by atoms with Crippen molar-refractivity contribution in [3.63, 3.8) is 0 Å². The van der Waals surface area contributed by atoms with Gasteiger partial charge < -0.3 is 14.1 Å². The summed E-state index contributed by atoms with van der Waals surface area (Å²) in [5, 5.41) is 18.6. The van der Waals surface area contributed by atoms with Crippen LogP contribution < -0.4 is 4.90 Å². The molecule has 164 valence electrons. The molecule has 2 heterocycles. The zero-order valence-corrected chi connectivity index (χ0v) is 17.4. The Kier molecular flexibility index (Phi) is 5.67. The van der Waals surface area contributed by atoms with Gasteiger partial charge in [-0.3, -0.25) is 19.7 Å². The average Bonchev–Trinajstić information content (AvgIpc) is 3.42. The lowest BCUT2D eigenvalue weighted by atomic mass is 10.1. The van der Waals surface area contributed by atoms with E-state index in [1.807, 2.05) is 31.2 Å². The maximum absolute atomic E-state index is 12.6. The highest BCUT2D eigenvalue weighted by Crippen LogP contribution is 2.29. The Hall–Kier alpha value is -4.08. The molecule has 4 rings (SSSR count). The molecule has 0 radical (unpaired) electrons. The summed E-state index contributed by atoms with van der Waals surface area (Å²) >= 11 is 0. The number of carbonyl (C=O) groups excluding carboxylic acids is 2. The quantitative estimate of drug-likeness (QED) is 0.326. The van der Waals surface area contributed by atoms with Crippen molar-refractivity contribution in [2.45, 2.75) is 26.4 Å². The Morgan fingerprint density at radius 3 is 2.53 bits per heavy atom. The normalized spacial score (nSPS) is 16.8. The summed E-state index contributed by atoms with van der Waals surface area (Å²) in [6.07, 6.45) is -0.748. The molecule has 1 saturated heterocycles. The van der Waals surface area contributed by atoms with Crippen LogP contribution in [0.15, 0.2) is 52.9 Å². The molecule has 32 heavy (non-hydrogen) atoms. The molecule has 2 aromatic carbocycles. The molecule has 0 saturated carbocycles. The molecule has 10 heteroatoms. The summed E-state index contributed by atoms with van der Waals surface area (Å²) in [5.74, 6) is -1.01. The molecule has 2 atom stereocenters. The minimum atomic E-state index is -0.815. The maximum Gasteiger partial charge on any atom is 0.312 e. The molecule has 1 aromatic heterocycles. The number of hydrogen-bond donors (Lipinski definition) is 0. The van der Waals surface area contributed by atoms with Crippen LogP contribution in [0.3, 0.4) is 0 Å². The number of rotatable bonds is 6. The molecule has 0 bridgehead atoms. The first-order valence-electron chi connectivity index (χ1n) is 9.97. The lowest BCUT2D eigenvalue weighted by molar-refractivity contribution is -0.384. The van der Waals surface area contributed by atoms with Gasteiger partial charge in [0.15, 0.2) is 6.10 Å². The van der Waals surface area contributed by atoms with Gasteiger partial charge in [0.2, 0.25) is 11.8 Å². The number of nitro groups is 1. The number of esters is 1. The van der Waals surface area contributed by atoms with Crippen molar-refractivity contribution < 1.29 is 23.7 Å². The smallest absolute Gasteiger partial charge is 0.312 e. The molecule has 10 nitrogen and oxygen atoms in total. The van der Waals surface area contributed by atoms with Crippen molar-refractivity contribution in [2.24, 2.45) is 5.92 Å². The van der Waals surface area contributed by atoms with E-state index in [1.54, 1.807) is 11.8 Å². The number of aryl methyl sites for hydroxylation is 1. The van der Waals surface area contributed by atoms with E-state index in [-0.39, 0.29) is 36.3 Å². The van der Waals surface area contributed by atoms with Crippen LogP contribution in [-0.2, 0) is 14.3 Å². The summed E-state index contributed by atoms with van der Waals surface area (Å²) in [5.41, 5.74) is 2.27. The summed E-state index contributed by atoms with van der Waals surface area (Å²) in [7, 11) is 0. The second-order valence-electron chi connectivity index (χ2n) is 7.57. The van der Waals surface area contributed by atoms with Crippen LogP contribution >= 0.6 is 0 Å². The number of benzene rings is 2. The third-order valence-corrected chi connectivity index (χ3v) is 5.21. The van der Waals surface area contributed by atoms with E-state index in [4.69, 9.17) is 9.15 Å². The molecule has 0 unspecified atom stereocenters. The van der Waals surface area contributed by atoms with Crippen LogP contribution in [0.2, 0.25) is 0 Å². The maximum atomic E-state index is 12.6. The number of aromatic nitrogens is 2. The first kappa shape index (κ1) is 21.2. The number of carbonyl (C=O) groups is 2. The molecule has 0 N–H and O–H groups in total. The van der Waals surface area contributed by atoms with Crippen molar-refractivity contribution in [1.82, 2.24) is 10.2 Å². The molecule has 1 fully saturated rings. The highest BCUT2D eigenvalue weighted by atomic mass is 16.6. The minimum absolute atomic E-state index is 0.0541. The van der Waals surface area contributed by atoms with Crippen LogP contribution in [0.25, 0.3) is 11.5 Å². The number of ether oxygens (including phenoxy) is 1. The number of nitrogens with zero attached hydrogens (tertiary/aromatic N) is 4. The number of non-ortho nitro benzene ring substituents is 1. The van der Waals surface area contributed by atoms with Gasteiger partial charge in [0.05, 0.1) is 10.8 Å². The van der Waals surface area contributed by atoms with Crippen molar-refractivity contribution in [3.8, 4) is 11.5 Å². The summed E-state index contributed by atoms with van der Waals surface area (Å²) in [6.45, 7) is 3.80. The second kappa shape index (κ2) is 8.58. The molecule has 3 aromatic rings. The topological polar surface area (TPSA) is 129 Å². The first-order valence-corrected chi connectivity index (χ1v) is 9.97. The number of anilines is 1. The van der Waals surface area contributed by atoms with E-state index < -0.39 is 22.9 Å². The Bertz CT molecular complexity index is 1160. The molecule has 1 aliphatic rings. The van der Waals surface area contributed by atoms with E-state index in [2.05, 4.69) is 10.2 Å². The zero-order valence-electron chi connectivity index (χ0n) is 17.4. The second-order valence-corrected chi connectivity index (χ2v) is 7.57. The number of nitro benzene ring substituents is 1. The largest absolute Gasteiger partial charge is 0.452 e. The van der Waals surface area contributed by atoms with Gasteiger partial charge in [-0.05, 0) is 38.1 Å². The molecule has 1 aliphatic heterocycles. The minimum Gasteiger partial charge on any atom is -0.452 e. The Morgan fingerprint density at radius 2 is 1.88 bits per heavy atom. The van der Waals surface area contributed by atoms with E-state index >= 15 is 0 Å². The van der Waals surface area contributed by atoms with Crippen LogP contribution in [0, 0.1) is 23.0 Å². The van der Waals surface area contributed by atoms with Crippen LogP contribution in [0.5, 0.6) is 0 Å². The van der Waals surface area contributed by atoms with Gasteiger partial charge in [0.25, 0.3) is 11.6 Å². The molecular formula is C22H20N4O6. The molecule has 1 amide bonds. The SMILES string of the molecule is Cc1ccc(N2C[C@H](C(=O)O[C@@H](C)c3nnc(-c4ccc([N+](=O)[O-])cc4)o3)CC2=O)cc1. The molecule has 0 spiro atoms. The van der Waals surface area contributed by atoms with Crippen LogP contribution in [0.4, 0.5) is 11.4 Å².